The molecule has 0 amide bonds. The fourth-order valence-electron chi connectivity index (χ4n) is 12.0. The van der Waals surface area contributed by atoms with Crippen molar-refractivity contribution in [1.82, 2.24) is 57.3 Å². The first-order valence-corrected chi connectivity index (χ1v) is 50.0. The summed E-state index contributed by atoms with van der Waals surface area (Å²) in [7, 11) is 12.9. The van der Waals surface area contributed by atoms with Crippen LogP contribution in [0.3, 0.4) is 0 Å². The first-order valence-electron chi connectivity index (χ1n) is 43.7. The Morgan fingerprint density at radius 2 is 0.622 bits per heavy atom. The van der Waals surface area contributed by atoms with Crippen LogP contribution < -0.4 is 64.8 Å². The van der Waals surface area contributed by atoms with Gasteiger partial charge in [0.2, 0.25) is 0 Å². The van der Waals surface area contributed by atoms with Crippen LogP contribution in [0.15, 0.2) is 102 Å². The number of thioether (sulfide) groups is 6. The van der Waals surface area contributed by atoms with Gasteiger partial charge in [0.15, 0.2) is 0 Å². The van der Waals surface area contributed by atoms with Crippen molar-refractivity contribution < 1.29 is 56.8 Å². The quantitative estimate of drug-likeness (QED) is 0.0302. The standard InChI is InChI=1S/C15H25N3O3S.5C14H23N3O3S/c1-3-5-6-9-20-10-14-21-13(11-22-14)18-8-7-12(16-4-2)17-15(18)19;1-14(2,3)19-8-12-20-11(9-21-12)17-7-6-10(16(4)5)15-13(17)18;1-10(2)7-19-8-13-20-12(9-21-13)17-6-5-11(16(3)4)15-14(17)18;1-5-15-10-6-7-17(13(18)16-10)11-9-21-12(20-11)8-19-14(2,3)4;1-4-5-8-19-9-13-20-12(10-21-13)17-7-6-11(16(2)3)15-14(17)18;1-3-4-5-8-19-9-13-20-12(10-21-13)17-7-6-11(15-2)16-14(17)18/h7-8,13-14H,3-6,9-11H2,1-2H3,(H,16,17,19);6-7,11-12H,8-9H2,1-5H3;5-6,10,12-13H,7-9H2,1-4H3;6-7,11-12H,5,8-9H2,1-4H3,(H,15,16,18);6-7,12-13H,4-5,8-10H2,1-3H3;6-7,12-13H,3-5,8-10H2,1-2H3,(H,15,16,18)/t13-,14+;11-,12+;12-,13+;11-,12+;2*12-,13+/m111111/s1. The van der Waals surface area contributed by atoms with Gasteiger partial charge in [-0.15, -0.1) is 70.6 Å². The van der Waals surface area contributed by atoms with Crippen molar-refractivity contribution in [2.45, 2.75) is 223 Å². The second kappa shape index (κ2) is 56.5. The number of hydrogen-bond acceptors (Lipinski definition) is 36. The molecule has 36 nitrogen and oxygen atoms in total. The van der Waals surface area contributed by atoms with E-state index >= 15 is 0 Å². The fourth-order valence-corrected chi connectivity index (χ4v) is 18.0. The molecule has 0 aromatic carbocycles. The first-order chi connectivity index (χ1) is 60.7. The van der Waals surface area contributed by atoms with Gasteiger partial charge in [-0.25, -0.2) is 28.8 Å². The lowest BCUT2D eigenvalue weighted by Crippen LogP contribution is -2.30. The first kappa shape index (κ1) is 108. The van der Waals surface area contributed by atoms with E-state index in [2.05, 4.69) is 80.5 Å². The average molecular weight is 1890 g/mol. The molecule has 6 aromatic rings. The number of nitrogens with one attached hydrogen (secondary N) is 3. The highest BCUT2D eigenvalue weighted by molar-refractivity contribution is 8.01. The fraction of sp³-hybridized carbons (Fsp3) is 0.718. The third kappa shape index (κ3) is 38.4. The number of aromatic nitrogens is 12. The molecule has 12 heterocycles. The number of ether oxygens (including phenoxy) is 12. The zero-order valence-corrected chi connectivity index (χ0v) is 82.7. The third-order valence-corrected chi connectivity index (χ3v) is 25.3. The van der Waals surface area contributed by atoms with Gasteiger partial charge in [0.25, 0.3) is 0 Å². The van der Waals surface area contributed by atoms with Gasteiger partial charge in [-0.3, -0.25) is 27.4 Å². The van der Waals surface area contributed by atoms with E-state index in [4.69, 9.17) is 56.8 Å². The van der Waals surface area contributed by atoms with E-state index in [1.165, 1.54) is 39.4 Å². The van der Waals surface area contributed by atoms with Crippen molar-refractivity contribution in [3.8, 4) is 0 Å². The zero-order valence-electron chi connectivity index (χ0n) is 77.8. The van der Waals surface area contributed by atoms with Crippen LogP contribution in [0.5, 0.6) is 0 Å². The smallest absolute Gasteiger partial charge is 0.351 e. The van der Waals surface area contributed by atoms with Crippen LogP contribution in [0.1, 0.15) is 179 Å². The predicted molar refractivity (Wildman–Crippen MR) is 514 cm³/mol. The Labute approximate surface area is 773 Å². The van der Waals surface area contributed by atoms with Gasteiger partial charge in [-0.1, -0.05) is 66.7 Å². The Hall–Kier alpha value is -6.30. The highest BCUT2D eigenvalue weighted by Gasteiger charge is 2.35. The molecule has 0 radical (unpaired) electrons. The van der Waals surface area contributed by atoms with Crippen molar-refractivity contribution in [2.75, 3.05) is 194 Å². The van der Waals surface area contributed by atoms with Crippen LogP contribution in [0.2, 0.25) is 0 Å². The molecule has 12 atom stereocenters. The molecule has 6 aliphatic rings. The Bertz CT molecular complexity index is 4540. The maximum Gasteiger partial charge on any atom is 0.351 e. The summed E-state index contributed by atoms with van der Waals surface area (Å²) in [4.78, 5) is 102. The molecule has 42 heteroatoms. The second-order valence-electron chi connectivity index (χ2n) is 32.8. The summed E-state index contributed by atoms with van der Waals surface area (Å²) in [6, 6.07) is 10.8. The van der Waals surface area contributed by atoms with Gasteiger partial charge in [0.05, 0.1) is 50.8 Å². The number of nitrogens with zero attached hydrogens (tertiary/aromatic N) is 15. The van der Waals surface area contributed by atoms with Crippen LogP contribution >= 0.6 is 70.6 Å². The minimum Gasteiger partial charge on any atom is -0.378 e. The van der Waals surface area contributed by atoms with Crippen LogP contribution in [-0.2, 0) is 56.8 Å². The molecule has 0 saturated carbocycles. The Balaban J connectivity index is 0.000000209. The number of anilines is 6. The largest absolute Gasteiger partial charge is 0.378 e. The lowest BCUT2D eigenvalue weighted by atomic mass is 10.2. The summed E-state index contributed by atoms with van der Waals surface area (Å²) in [5.74, 6) is 8.63. The minimum atomic E-state index is -0.295. The van der Waals surface area contributed by atoms with Gasteiger partial charge < -0.3 is 87.5 Å². The SMILES string of the molecule is CC(C)COC[C@H]1O[C@@H](n2ccc(N(C)C)nc2=O)CS1.CCCCCOC[C@H]1O[C@@H](n2ccc(NC)nc2=O)CS1.CCCCCOC[C@H]1O[C@@H](n2ccc(NCC)nc2=O)CS1.CCCCOC[C@H]1O[C@@H](n2ccc(N(C)C)nc2=O)CS1.CCNc1ccn([C@H]2CS[C@@H](COC(C)(C)C)O2)c(=O)n1.CN(C)c1ccn([C@H]2CS[C@@H](COC(C)(C)C)O2)c(=O)n1. The Morgan fingerprint density at radius 1 is 0.370 bits per heavy atom. The minimum absolute atomic E-state index is 0.00694. The average Bonchev–Trinajstić information content (AvgIpc) is 1.76. The second-order valence-corrected chi connectivity index (χ2v) is 40.0. The molecule has 0 bridgehead atoms. The summed E-state index contributed by atoms with van der Waals surface area (Å²) in [5, 5.41) is 8.90. The van der Waals surface area contributed by atoms with Crippen molar-refractivity contribution >= 4 is 105 Å². The molecule has 0 aliphatic carbocycles. The van der Waals surface area contributed by atoms with Crippen LogP contribution in [0, 0.1) is 5.92 Å². The van der Waals surface area contributed by atoms with E-state index in [0.29, 0.717) is 80.5 Å². The molecule has 0 spiro atoms. The molecule has 714 valence electrons. The van der Waals surface area contributed by atoms with Crippen LogP contribution in [-0.4, -0.2) is 264 Å². The van der Waals surface area contributed by atoms with Gasteiger partial charge in [-0.05, 0) is 117 Å². The van der Waals surface area contributed by atoms with E-state index < -0.39 is 0 Å². The topological polar surface area (TPSA) is 366 Å². The molecule has 127 heavy (non-hydrogen) atoms. The van der Waals surface area contributed by atoms with Crippen molar-refractivity contribution in [2.24, 2.45) is 5.92 Å². The molecule has 6 aromatic heterocycles. The molecular weight excluding hydrogens is 1750 g/mol. The van der Waals surface area contributed by atoms with Crippen molar-refractivity contribution in [3.05, 3.63) is 136 Å². The molecule has 12 rings (SSSR count). The van der Waals surface area contributed by atoms with Crippen LogP contribution in [0.4, 0.5) is 34.9 Å². The number of rotatable bonds is 39. The van der Waals surface area contributed by atoms with Crippen molar-refractivity contribution in [3.63, 3.8) is 0 Å². The van der Waals surface area contributed by atoms with E-state index in [1.54, 1.807) is 161 Å². The molecule has 3 N–H and O–H groups in total. The summed E-state index contributed by atoms with van der Waals surface area (Å²) >= 11 is 10.0. The highest BCUT2D eigenvalue weighted by Crippen LogP contribution is 2.37. The summed E-state index contributed by atoms with van der Waals surface area (Å²) in [5.41, 5.74) is -2.23. The van der Waals surface area contributed by atoms with E-state index in [9.17, 15) is 28.8 Å². The van der Waals surface area contributed by atoms with Crippen molar-refractivity contribution in [1.29, 1.82) is 0 Å². The summed E-state index contributed by atoms with van der Waals surface area (Å²) in [6.45, 7) is 34.5. The maximum atomic E-state index is 12.1. The molecule has 6 fully saturated rings. The monoisotopic (exact) mass is 1890 g/mol. The van der Waals surface area contributed by atoms with Gasteiger partial charge in [-0.2, -0.15) is 29.9 Å². The Kier molecular flexibility index (Phi) is 48.0. The summed E-state index contributed by atoms with van der Waals surface area (Å²) < 4.78 is 78.3. The van der Waals surface area contributed by atoms with Gasteiger partial charge in [0.1, 0.15) is 105 Å². The normalized spacial score (nSPS) is 21.9. The maximum absolute atomic E-state index is 12.1. The zero-order chi connectivity index (χ0) is 92.6. The van der Waals surface area contributed by atoms with E-state index in [-0.39, 0.29) is 115 Å². The molecular formula is C85H140N18O18S6. The third-order valence-electron chi connectivity index (χ3n) is 18.7. The van der Waals surface area contributed by atoms with Crippen LogP contribution in [0.25, 0.3) is 0 Å². The van der Waals surface area contributed by atoms with E-state index in [0.717, 1.165) is 99.7 Å². The highest BCUT2D eigenvalue weighted by atomic mass is 32.2. The summed E-state index contributed by atoms with van der Waals surface area (Å²) in [6.07, 6.45) is 18.0. The van der Waals surface area contributed by atoms with E-state index in [1.807, 2.05) is 116 Å². The predicted octanol–water partition coefficient (Wildman–Crippen LogP) is 11.6. The number of unbranched alkanes of at least 4 members (excludes halogenated alkanes) is 5. The molecule has 6 saturated heterocycles. The molecule has 0 unspecified atom stereocenters. The Morgan fingerprint density at radius 3 is 0.866 bits per heavy atom. The molecule has 6 aliphatic heterocycles. The number of hydrogen-bond donors (Lipinski definition) is 3. The lowest BCUT2D eigenvalue weighted by Gasteiger charge is -2.22. The van der Waals surface area contributed by atoms with Gasteiger partial charge >= 0.3 is 34.1 Å². The lowest BCUT2D eigenvalue weighted by molar-refractivity contribution is -0.0684. The van der Waals surface area contributed by atoms with Gasteiger partial charge in [0, 0.05) is 161 Å².